The molecule has 2 aromatic rings. The van der Waals surface area contributed by atoms with Crippen molar-refractivity contribution in [3.8, 4) is 0 Å². The first-order valence-corrected chi connectivity index (χ1v) is 6.86. The number of anilines is 1. The van der Waals surface area contributed by atoms with Crippen LogP contribution in [-0.4, -0.2) is 34.4 Å². The fourth-order valence-corrected chi connectivity index (χ4v) is 1.88. The molecule has 2 rings (SSSR count). The number of pyridine rings is 1. The van der Waals surface area contributed by atoms with Gasteiger partial charge in [0.05, 0.1) is 10.7 Å². The first-order chi connectivity index (χ1) is 11.0. The number of carbonyl (C=O) groups is 3. The fraction of sp³-hybridized carbons (Fsp3) is 0.0667. The third kappa shape index (κ3) is 4.52. The summed E-state index contributed by atoms with van der Waals surface area (Å²) >= 11 is 6.01. The van der Waals surface area contributed by atoms with Gasteiger partial charge in [0, 0.05) is 23.5 Å². The molecule has 0 saturated heterocycles. The number of benzene rings is 1. The predicted octanol–water partition coefficient (Wildman–Crippen LogP) is 1.80. The number of hydrogen-bond acceptors (Lipinski definition) is 4. The highest BCUT2D eigenvalue weighted by atomic mass is 35.5. The molecule has 1 aromatic heterocycles. The molecule has 0 radical (unpaired) electrons. The quantitative estimate of drug-likeness (QED) is 0.773. The molecule has 8 heteroatoms. The Morgan fingerprint density at radius 1 is 1.04 bits per heavy atom. The normalized spacial score (nSPS) is 9.96. The number of hydrogen-bond donors (Lipinski definition) is 3. The van der Waals surface area contributed by atoms with Gasteiger partial charge in [-0.1, -0.05) is 11.6 Å². The van der Waals surface area contributed by atoms with Crippen LogP contribution in [0.3, 0.4) is 0 Å². The van der Waals surface area contributed by atoms with Crippen LogP contribution in [0.25, 0.3) is 0 Å². The van der Waals surface area contributed by atoms with Gasteiger partial charge in [-0.25, -0.2) is 0 Å². The van der Waals surface area contributed by atoms with E-state index in [1.807, 2.05) is 0 Å². The lowest BCUT2D eigenvalue weighted by Gasteiger charge is -2.09. The average Bonchev–Trinajstić information content (AvgIpc) is 2.55. The molecule has 1 heterocycles. The SMILES string of the molecule is O=C(O)CNC(=O)c1ccc(Cl)c(NC(=O)c2ccncc2)c1. The minimum atomic E-state index is -1.15. The number of amides is 2. The largest absolute Gasteiger partial charge is 0.480 e. The van der Waals surface area contributed by atoms with Gasteiger partial charge in [0.2, 0.25) is 0 Å². The number of rotatable bonds is 5. The van der Waals surface area contributed by atoms with Crippen molar-refractivity contribution in [1.82, 2.24) is 10.3 Å². The van der Waals surface area contributed by atoms with Crippen molar-refractivity contribution in [2.75, 3.05) is 11.9 Å². The van der Waals surface area contributed by atoms with E-state index in [9.17, 15) is 14.4 Å². The van der Waals surface area contributed by atoms with E-state index in [2.05, 4.69) is 15.6 Å². The molecule has 23 heavy (non-hydrogen) atoms. The van der Waals surface area contributed by atoms with E-state index in [0.29, 0.717) is 5.56 Å². The molecule has 7 nitrogen and oxygen atoms in total. The molecule has 0 atom stereocenters. The van der Waals surface area contributed by atoms with E-state index in [1.165, 1.54) is 42.7 Å². The molecule has 0 unspecified atom stereocenters. The van der Waals surface area contributed by atoms with Crippen molar-refractivity contribution in [2.45, 2.75) is 0 Å². The summed E-state index contributed by atoms with van der Waals surface area (Å²) in [5, 5.41) is 13.6. The van der Waals surface area contributed by atoms with E-state index in [0.717, 1.165) is 0 Å². The van der Waals surface area contributed by atoms with Gasteiger partial charge < -0.3 is 15.7 Å². The van der Waals surface area contributed by atoms with Crippen LogP contribution in [0.1, 0.15) is 20.7 Å². The van der Waals surface area contributed by atoms with E-state index in [4.69, 9.17) is 16.7 Å². The number of aliphatic carboxylic acids is 1. The highest BCUT2D eigenvalue weighted by Crippen LogP contribution is 2.23. The van der Waals surface area contributed by atoms with Crippen LogP contribution < -0.4 is 10.6 Å². The third-order valence-electron chi connectivity index (χ3n) is 2.82. The van der Waals surface area contributed by atoms with Crippen molar-refractivity contribution in [3.05, 3.63) is 58.9 Å². The molecular weight excluding hydrogens is 322 g/mol. The van der Waals surface area contributed by atoms with E-state index >= 15 is 0 Å². The molecule has 0 spiro atoms. The monoisotopic (exact) mass is 333 g/mol. The second-order valence-corrected chi connectivity index (χ2v) is 4.87. The second-order valence-electron chi connectivity index (χ2n) is 4.46. The van der Waals surface area contributed by atoms with Gasteiger partial charge >= 0.3 is 5.97 Å². The van der Waals surface area contributed by atoms with Crippen LogP contribution in [0.5, 0.6) is 0 Å². The summed E-state index contributed by atoms with van der Waals surface area (Å²) in [5.74, 6) is -2.14. The molecule has 0 saturated carbocycles. The van der Waals surface area contributed by atoms with Crippen molar-refractivity contribution >= 4 is 35.1 Å². The third-order valence-corrected chi connectivity index (χ3v) is 3.15. The van der Waals surface area contributed by atoms with Gasteiger partial charge in [0.15, 0.2) is 0 Å². The molecule has 2 amide bonds. The van der Waals surface area contributed by atoms with Crippen LogP contribution in [0.4, 0.5) is 5.69 Å². The Balaban J connectivity index is 2.16. The Labute approximate surface area is 136 Å². The molecule has 3 N–H and O–H groups in total. The van der Waals surface area contributed by atoms with Crippen LogP contribution in [0, 0.1) is 0 Å². The van der Waals surface area contributed by atoms with E-state index in [-0.39, 0.29) is 16.3 Å². The fourth-order valence-electron chi connectivity index (χ4n) is 1.72. The molecule has 118 valence electrons. The van der Waals surface area contributed by atoms with E-state index in [1.54, 1.807) is 0 Å². The van der Waals surface area contributed by atoms with Crippen LogP contribution >= 0.6 is 11.6 Å². The van der Waals surface area contributed by atoms with E-state index < -0.39 is 24.3 Å². The Morgan fingerprint density at radius 3 is 2.39 bits per heavy atom. The van der Waals surface area contributed by atoms with Crippen LogP contribution in [0.2, 0.25) is 5.02 Å². The zero-order valence-corrected chi connectivity index (χ0v) is 12.5. The zero-order chi connectivity index (χ0) is 16.8. The number of carbonyl (C=O) groups excluding carboxylic acids is 2. The van der Waals surface area contributed by atoms with Crippen LogP contribution in [-0.2, 0) is 4.79 Å². The molecule has 0 aliphatic heterocycles. The summed E-state index contributed by atoms with van der Waals surface area (Å²) in [7, 11) is 0. The van der Waals surface area contributed by atoms with Crippen molar-refractivity contribution < 1.29 is 19.5 Å². The zero-order valence-electron chi connectivity index (χ0n) is 11.7. The van der Waals surface area contributed by atoms with Gasteiger partial charge in [0.1, 0.15) is 6.54 Å². The lowest BCUT2D eigenvalue weighted by molar-refractivity contribution is -0.135. The number of nitrogens with one attached hydrogen (secondary N) is 2. The molecular formula is C15H12ClN3O4. The summed E-state index contributed by atoms with van der Waals surface area (Å²) in [4.78, 5) is 38.2. The highest BCUT2D eigenvalue weighted by molar-refractivity contribution is 6.34. The maximum Gasteiger partial charge on any atom is 0.322 e. The predicted molar refractivity (Wildman–Crippen MR) is 83.6 cm³/mol. The van der Waals surface area contributed by atoms with Crippen molar-refractivity contribution in [2.24, 2.45) is 0 Å². The Kier molecular flexibility index (Phi) is 5.27. The number of halogens is 1. The minimum absolute atomic E-state index is 0.181. The average molecular weight is 334 g/mol. The smallest absolute Gasteiger partial charge is 0.322 e. The summed E-state index contributed by atoms with van der Waals surface area (Å²) in [6.45, 7) is -0.500. The van der Waals surface area contributed by atoms with Crippen molar-refractivity contribution in [1.29, 1.82) is 0 Å². The van der Waals surface area contributed by atoms with Gasteiger partial charge in [-0.3, -0.25) is 19.4 Å². The maximum absolute atomic E-state index is 12.1. The number of nitrogens with zero attached hydrogens (tertiary/aromatic N) is 1. The first kappa shape index (κ1) is 16.4. The topological polar surface area (TPSA) is 108 Å². The maximum atomic E-state index is 12.1. The van der Waals surface area contributed by atoms with Crippen LogP contribution in [0.15, 0.2) is 42.7 Å². The standard InChI is InChI=1S/C15H12ClN3O4/c16-11-2-1-10(14(22)18-8-13(20)21)7-12(11)19-15(23)9-3-5-17-6-4-9/h1-7H,8H2,(H,18,22)(H,19,23)(H,20,21). The lowest BCUT2D eigenvalue weighted by Crippen LogP contribution is -2.29. The first-order valence-electron chi connectivity index (χ1n) is 6.48. The number of aromatic nitrogens is 1. The Morgan fingerprint density at radius 2 is 1.74 bits per heavy atom. The molecule has 0 aliphatic carbocycles. The molecule has 0 bridgehead atoms. The Bertz CT molecular complexity index is 750. The Hall–Kier alpha value is -2.93. The summed E-state index contributed by atoms with van der Waals surface area (Å²) < 4.78 is 0. The summed E-state index contributed by atoms with van der Waals surface area (Å²) in [6, 6.07) is 7.32. The summed E-state index contributed by atoms with van der Waals surface area (Å²) in [5.41, 5.74) is 0.814. The summed E-state index contributed by atoms with van der Waals surface area (Å²) in [6.07, 6.45) is 2.96. The highest BCUT2D eigenvalue weighted by Gasteiger charge is 2.12. The van der Waals surface area contributed by atoms with Gasteiger partial charge in [0.25, 0.3) is 11.8 Å². The molecule has 0 aliphatic rings. The molecule has 1 aromatic carbocycles. The van der Waals surface area contributed by atoms with Gasteiger partial charge in [-0.15, -0.1) is 0 Å². The second kappa shape index (κ2) is 7.37. The minimum Gasteiger partial charge on any atom is -0.480 e. The number of carboxylic acid groups (broad SMARTS) is 1. The van der Waals surface area contributed by atoms with Crippen molar-refractivity contribution in [3.63, 3.8) is 0 Å². The lowest BCUT2D eigenvalue weighted by atomic mass is 10.1. The van der Waals surface area contributed by atoms with Gasteiger partial charge in [-0.05, 0) is 30.3 Å². The molecule has 0 fully saturated rings. The number of carboxylic acids is 1. The van der Waals surface area contributed by atoms with Gasteiger partial charge in [-0.2, -0.15) is 0 Å².